The number of hydrogen-bond acceptors (Lipinski definition) is 3. The van der Waals surface area contributed by atoms with Crippen molar-refractivity contribution >= 4 is 5.78 Å². The monoisotopic (exact) mass is 255 g/mol. The molecule has 3 atom stereocenters. The summed E-state index contributed by atoms with van der Waals surface area (Å²) in [5.41, 5.74) is 2.47. The summed E-state index contributed by atoms with van der Waals surface area (Å²) in [6.45, 7) is 0. The minimum atomic E-state index is -0.0235. The van der Waals surface area contributed by atoms with Gasteiger partial charge in [-0.2, -0.15) is 5.26 Å². The van der Waals surface area contributed by atoms with Gasteiger partial charge in [0.1, 0.15) is 5.78 Å². The number of carbonyl (C=O) groups is 1. The minimum Gasteiger partial charge on any atom is -0.365 e. The number of nitriles is 1. The number of benzene rings is 1. The van der Waals surface area contributed by atoms with Gasteiger partial charge >= 0.3 is 0 Å². The summed E-state index contributed by atoms with van der Waals surface area (Å²) >= 11 is 0. The smallest absolute Gasteiger partial charge is 0.139 e. The van der Waals surface area contributed by atoms with Gasteiger partial charge in [0.25, 0.3) is 0 Å². The molecule has 0 N–H and O–H groups in total. The maximum atomic E-state index is 12.2. The first-order valence-corrected chi connectivity index (χ1v) is 6.95. The number of nitrogens with zero attached hydrogens (tertiary/aromatic N) is 1. The lowest BCUT2D eigenvalue weighted by atomic mass is 9.80. The second-order valence-corrected chi connectivity index (χ2v) is 5.35. The Balaban J connectivity index is 1.64. The molecule has 3 heteroatoms. The highest BCUT2D eigenvalue weighted by molar-refractivity contribution is 5.82. The van der Waals surface area contributed by atoms with Crippen LogP contribution in [0.2, 0.25) is 0 Å². The molecule has 98 valence electrons. The summed E-state index contributed by atoms with van der Waals surface area (Å²) in [5, 5.41) is 8.48. The van der Waals surface area contributed by atoms with Crippen molar-refractivity contribution in [2.45, 2.75) is 44.3 Å². The average Bonchev–Trinajstić information content (AvgIpc) is 3.03. The number of unbranched alkanes of at least 4 members (excludes halogenated alkanes) is 2. The van der Waals surface area contributed by atoms with Crippen LogP contribution in [0.5, 0.6) is 0 Å². The summed E-state index contributed by atoms with van der Waals surface area (Å²) in [7, 11) is 0. The van der Waals surface area contributed by atoms with Crippen molar-refractivity contribution in [3.63, 3.8) is 0 Å². The maximum Gasteiger partial charge on any atom is 0.139 e. The standard InChI is InChI=1S/C16H17NO2/c17-9-5-1-2-8-14(18)13-10-15-11-6-3-4-7-12(11)16(13)19-15/h3-4,6-7,13,15-16H,1-2,5,8,10H2/t13-,15-,16-/m1/s1. The highest BCUT2D eigenvalue weighted by Crippen LogP contribution is 2.54. The molecule has 2 aliphatic rings. The lowest BCUT2D eigenvalue weighted by Crippen LogP contribution is -2.20. The van der Waals surface area contributed by atoms with Crippen LogP contribution in [0.4, 0.5) is 0 Å². The Kier molecular flexibility index (Phi) is 3.35. The average molecular weight is 255 g/mol. The Labute approximate surface area is 113 Å². The quantitative estimate of drug-likeness (QED) is 0.757. The third-order valence-electron chi connectivity index (χ3n) is 4.17. The molecule has 1 saturated heterocycles. The van der Waals surface area contributed by atoms with Gasteiger partial charge in [-0.15, -0.1) is 0 Å². The summed E-state index contributed by atoms with van der Waals surface area (Å²) in [5.74, 6) is 0.335. The summed E-state index contributed by atoms with van der Waals surface area (Å²) in [6.07, 6.45) is 3.70. The molecule has 0 saturated carbocycles. The van der Waals surface area contributed by atoms with E-state index in [4.69, 9.17) is 10.00 Å². The van der Waals surface area contributed by atoms with Gasteiger partial charge in [-0.3, -0.25) is 4.79 Å². The zero-order valence-corrected chi connectivity index (χ0v) is 10.8. The van der Waals surface area contributed by atoms with Crippen LogP contribution in [0.25, 0.3) is 0 Å². The molecule has 0 aliphatic carbocycles. The number of ether oxygens (including phenoxy) is 1. The molecule has 19 heavy (non-hydrogen) atoms. The number of ketones is 1. The van der Waals surface area contributed by atoms with E-state index >= 15 is 0 Å². The normalized spacial score (nSPS) is 27.0. The van der Waals surface area contributed by atoms with Gasteiger partial charge in [0.05, 0.1) is 24.2 Å². The van der Waals surface area contributed by atoms with Crippen LogP contribution in [-0.2, 0) is 9.53 Å². The summed E-state index contributed by atoms with van der Waals surface area (Å²) < 4.78 is 5.93. The minimum absolute atomic E-state index is 0.0235. The Hall–Kier alpha value is -1.66. The molecule has 2 bridgehead atoms. The van der Waals surface area contributed by atoms with E-state index in [0.717, 1.165) is 19.3 Å². The summed E-state index contributed by atoms with van der Waals surface area (Å²) in [6, 6.07) is 10.3. The zero-order valence-electron chi connectivity index (χ0n) is 10.8. The second kappa shape index (κ2) is 5.14. The Bertz CT molecular complexity index is 532. The number of hydrogen-bond donors (Lipinski definition) is 0. The van der Waals surface area contributed by atoms with Gasteiger partial charge in [-0.05, 0) is 30.4 Å². The van der Waals surface area contributed by atoms with E-state index in [1.54, 1.807) is 0 Å². The van der Waals surface area contributed by atoms with Crippen LogP contribution < -0.4 is 0 Å². The maximum absolute atomic E-state index is 12.2. The van der Waals surface area contributed by atoms with Gasteiger partial charge in [-0.25, -0.2) is 0 Å². The van der Waals surface area contributed by atoms with Crippen molar-refractivity contribution < 1.29 is 9.53 Å². The van der Waals surface area contributed by atoms with Crippen molar-refractivity contribution in [2.75, 3.05) is 0 Å². The molecule has 2 heterocycles. The van der Waals surface area contributed by atoms with E-state index in [2.05, 4.69) is 18.2 Å². The molecule has 2 aliphatic heterocycles. The van der Waals surface area contributed by atoms with Crippen molar-refractivity contribution in [1.82, 2.24) is 0 Å². The van der Waals surface area contributed by atoms with E-state index in [1.165, 1.54) is 11.1 Å². The predicted molar refractivity (Wildman–Crippen MR) is 70.2 cm³/mol. The largest absolute Gasteiger partial charge is 0.365 e. The van der Waals surface area contributed by atoms with Crippen molar-refractivity contribution in [2.24, 2.45) is 5.92 Å². The molecule has 3 nitrogen and oxygen atoms in total. The molecule has 0 unspecified atom stereocenters. The van der Waals surface area contributed by atoms with Crippen LogP contribution in [0, 0.1) is 17.2 Å². The fraction of sp³-hybridized carbons (Fsp3) is 0.500. The second-order valence-electron chi connectivity index (χ2n) is 5.35. The molecule has 0 spiro atoms. The third kappa shape index (κ3) is 2.17. The fourth-order valence-electron chi connectivity index (χ4n) is 3.22. The Morgan fingerprint density at radius 1 is 1.32 bits per heavy atom. The lowest BCUT2D eigenvalue weighted by Gasteiger charge is -2.19. The van der Waals surface area contributed by atoms with Crippen LogP contribution in [0.1, 0.15) is 55.4 Å². The first-order chi connectivity index (χ1) is 9.31. The molecule has 1 aromatic rings. The van der Waals surface area contributed by atoms with E-state index in [9.17, 15) is 4.79 Å². The van der Waals surface area contributed by atoms with Crippen molar-refractivity contribution in [1.29, 1.82) is 5.26 Å². The molecule has 3 rings (SSSR count). The van der Waals surface area contributed by atoms with Crippen LogP contribution in [0.3, 0.4) is 0 Å². The zero-order chi connectivity index (χ0) is 13.2. The molecule has 1 aromatic carbocycles. The molecular weight excluding hydrogens is 238 g/mol. The molecule has 0 amide bonds. The fourth-order valence-corrected chi connectivity index (χ4v) is 3.22. The predicted octanol–water partition coefficient (Wildman–Crippen LogP) is 3.47. The third-order valence-corrected chi connectivity index (χ3v) is 4.17. The van der Waals surface area contributed by atoms with Gasteiger partial charge in [0, 0.05) is 12.8 Å². The van der Waals surface area contributed by atoms with Gasteiger partial charge in [0.15, 0.2) is 0 Å². The Morgan fingerprint density at radius 3 is 2.89 bits per heavy atom. The highest BCUT2D eigenvalue weighted by atomic mass is 16.5. The molecule has 1 fully saturated rings. The van der Waals surface area contributed by atoms with E-state index in [0.29, 0.717) is 18.6 Å². The number of Topliss-reactive ketones (excluding diaryl/α,β-unsaturated/α-hetero) is 1. The highest BCUT2D eigenvalue weighted by Gasteiger charge is 2.47. The molecule has 0 aromatic heterocycles. The van der Waals surface area contributed by atoms with Gasteiger partial charge in [0.2, 0.25) is 0 Å². The van der Waals surface area contributed by atoms with E-state index in [-0.39, 0.29) is 18.1 Å². The van der Waals surface area contributed by atoms with E-state index < -0.39 is 0 Å². The number of fused-ring (bicyclic) bond motifs is 5. The summed E-state index contributed by atoms with van der Waals surface area (Å²) in [4.78, 5) is 12.2. The topological polar surface area (TPSA) is 50.1 Å². The van der Waals surface area contributed by atoms with Crippen molar-refractivity contribution in [3.05, 3.63) is 35.4 Å². The number of carbonyl (C=O) groups excluding carboxylic acids is 1. The first kappa shape index (κ1) is 12.4. The van der Waals surface area contributed by atoms with Crippen molar-refractivity contribution in [3.8, 4) is 6.07 Å². The van der Waals surface area contributed by atoms with E-state index in [1.807, 2.05) is 12.1 Å². The molecule has 0 radical (unpaired) electrons. The first-order valence-electron chi connectivity index (χ1n) is 6.95. The van der Waals surface area contributed by atoms with Crippen LogP contribution in [-0.4, -0.2) is 5.78 Å². The number of rotatable bonds is 5. The molecular formula is C16H17NO2. The van der Waals surface area contributed by atoms with Crippen LogP contribution >= 0.6 is 0 Å². The Morgan fingerprint density at radius 2 is 2.11 bits per heavy atom. The lowest BCUT2D eigenvalue weighted by molar-refractivity contribution is -0.124. The SMILES string of the molecule is N#CCCCCC(=O)[C@H]1C[C@H]2O[C@@H]1c1ccccc12. The van der Waals surface area contributed by atoms with Gasteiger partial charge < -0.3 is 4.74 Å². The van der Waals surface area contributed by atoms with Crippen LogP contribution in [0.15, 0.2) is 24.3 Å². The van der Waals surface area contributed by atoms with Gasteiger partial charge in [-0.1, -0.05) is 24.3 Å².